The minimum Gasteiger partial charge on any atom is -0.394 e. The van der Waals surface area contributed by atoms with E-state index >= 15 is 0 Å². The molecule has 0 radical (unpaired) electrons. The second-order valence-corrected chi connectivity index (χ2v) is 6.88. The second kappa shape index (κ2) is 6.68. The van der Waals surface area contributed by atoms with Gasteiger partial charge in [0.1, 0.15) is 5.15 Å². The zero-order valence-electron chi connectivity index (χ0n) is 11.2. The Morgan fingerprint density at radius 3 is 2.74 bits per heavy atom. The van der Waals surface area contributed by atoms with Crippen LogP contribution >= 0.6 is 27.5 Å². The van der Waals surface area contributed by atoms with Crippen molar-refractivity contribution in [1.29, 1.82) is 0 Å². The lowest BCUT2D eigenvalue weighted by atomic mass is 9.88. The first-order valence-corrected chi connectivity index (χ1v) is 7.13. The first-order chi connectivity index (χ1) is 8.73. The molecule has 1 atom stereocenters. The fourth-order valence-electron chi connectivity index (χ4n) is 1.75. The average Bonchev–Trinajstić information content (AvgIpc) is 2.29. The monoisotopic (exact) mass is 348 g/mol. The molecule has 4 nitrogen and oxygen atoms in total. The molecule has 1 unspecified atom stereocenters. The maximum Gasteiger partial charge on any atom is 0.254 e. The quantitative estimate of drug-likeness (QED) is 0.821. The number of hydrogen-bond donors (Lipinski definition) is 2. The topological polar surface area (TPSA) is 62.2 Å². The summed E-state index contributed by atoms with van der Waals surface area (Å²) in [6.45, 7) is 6.04. The second-order valence-electron chi connectivity index (χ2n) is 5.61. The summed E-state index contributed by atoms with van der Waals surface area (Å²) < 4.78 is 0.679. The van der Waals surface area contributed by atoms with Crippen LogP contribution in [0.5, 0.6) is 0 Å². The van der Waals surface area contributed by atoms with Crippen LogP contribution in [0.4, 0.5) is 0 Å². The zero-order chi connectivity index (χ0) is 14.6. The Balaban J connectivity index is 2.80. The third-order valence-electron chi connectivity index (χ3n) is 2.46. The van der Waals surface area contributed by atoms with Crippen molar-refractivity contribution in [3.63, 3.8) is 0 Å². The van der Waals surface area contributed by atoms with E-state index in [0.717, 1.165) is 0 Å². The molecule has 0 fully saturated rings. The fraction of sp³-hybridized carbons (Fsp3) is 0.538. The standard InChI is InChI=1S/C13H18BrClN2O2/c1-13(2,3)5-9(7-18)17-12(19)10-4-8(14)6-16-11(10)15/h4,6,9,18H,5,7H2,1-3H3,(H,17,19). The summed E-state index contributed by atoms with van der Waals surface area (Å²) in [4.78, 5) is 16.0. The van der Waals surface area contributed by atoms with Crippen molar-refractivity contribution in [3.05, 3.63) is 27.5 Å². The Morgan fingerprint density at radius 1 is 1.58 bits per heavy atom. The van der Waals surface area contributed by atoms with Crippen LogP contribution in [-0.4, -0.2) is 28.6 Å². The molecule has 1 heterocycles. The number of aliphatic hydroxyl groups excluding tert-OH is 1. The minimum atomic E-state index is -0.331. The van der Waals surface area contributed by atoms with Crippen LogP contribution in [0.25, 0.3) is 0 Å². The van der Waals surface area contributed by atoms with Gasteiger partial charge in [0.2, 0.25) is 0 Å². The Labute approximate surface area is 126 Å². The van der Waals surface area contributed by atoms with Gasteiger partial charge in [-0.3, -0.25) is 4.79 Å². The fourth-order valence-corrected chi connectivity index (χ4v) is 2.27. The molecule has 0 bridgehead atoms. The molecule has 0 aliphatic carbocycles. The summed E-state index contributed by atoms with van der Waals surface area (Å²) in [5.41, 5.74) is 0.309. The van der Waals surface area contributed by atoms with Gasteiger partial charge in [0.05, 0.1) is 18.2 Å². The van der Waals surface area contributed by atoms with E-state index in [2.05, 4.69) is 47.0 Å². The zero-order valence-corrected chi connectivity index (χ0v) is 13.5. The van der Waals surface area contributed by atoms with Crippen molar-refractivity contribution in [3.8, 4) is 0 Å². The largest absolute Gasteiger partial charge is 0.394 e. The van der Waals surface area contributed by atoms with Crippen molar-refractivity contribution in [2.75, 3.05) is 6.61 Å². The molecule has 0 aliphatic rings. The van der Waals surface area contributed by atoms with Crippen LogP contribution in [-0.2, 0) is 0 Å². The van der Waals surface area contributed by atoms with Gasteiger partial charge in [-0.2, -0.15) is 0 Å². The lowest BCUT2D eigenvalue weighted by molar-refractivity contribution is 0.0897. The van der Waals surface area contributed by atoms with E-state index < -0.39 is 0 Å². The van der Waals surface area contributed by atoms with E-state index in [-0.39, 0.29) is 29.1 Å². The number of hydrogen-bond acceptors (Lipinski definition) is 3. The molecule has 106 valence electrons. The van der Waals surface area contributed by atoms with E-state index in [9.17, 15) is 9.90 Å². The molecule has 0 aliphatic heterocycles. The predicted octanol–water partition coefficient (Wildman–Crippen LogP) is 3.02. The summed E-state index contributed by atoms with van der Waals surface area (Å²) in [6.07, 6.45) is 2.20. The molecule has 0 aromatic carbocycles. The van der Waals surface area contributed by atoms with E-state index in [0.29, 0.717) is 16.5 Å². The highest BCUT2D eigenvalue weighted by Gasteiger charge is 2.21. The van der Waals surface area contributed by atoms with Crippen molar-refractivity contribution in [1.82, 2.24) is 10.3 Å². The molecule has 19 heavy (non-hydrogen) atoms. The van der Waals surface area contributed by atoms with Gasteiger partial charge in [0.15, 0.2) is 0 Å². The van der Waals surface area contributed by atoms with Crippen LogP contribution in [0.1, 0.15) is 37.6 Å². The SMILES string of the molecule is CC(C)(C)CC(CO)NC(=O)c1cc(Br)cnc1Cl. The summed E-state index contributed by atoms with van der Waals surface area (Å²) in [7, 11) is 0. The Kier molecular flexibility index (Phi) is 5.77. The molecule has 6 heteroatoms. The summed E-state index contributed by atoms with van der Waals surface area (Å²) in [6, 6.07) is 1.30. The van der Waals surface area contributed by atoms with E-state index in [4.69, 9.17) is 11.6 Å². The van der Waals surface area contributed by atoms with Crippen molar-refractivity contribution in [2.45, 2.75) is 33.2 Å². The minimum absolute atomic E-state index is 0.0139. The number of nitrogens with zero attached hydrogens (tertiary/aromatic N) is 1. The van der Waals surface area contributed by atoms with Gasteiger partial charge in [-0.25, -0.2) is 4.98 Å². The van der Waals surface area contributed by atoms with Crippen molar-refractivity contribution in [2.24, 2.45) is 5.41 Å². The number of carbonyl (C=O) groups excluding carboxylic acids is 1. The van der Waals surface area contributed by atoms with Crippen LogP contribution in [0.2, 0.25) is 5.15 Å². The van der Waals surface area contributed by atoms with Gasteiger partial charge in [0.25, 0.3) is 5.91 Å². The van der Waals surface area contributed by atoms with E-state index in [1.54, 1.807) is 6.07 Å². The molecule has 1 aromatic rings. The number of carbonyl (C=O) groups is 1. The highest BCUT2D eigenvalue weighted by Crippen LogP contribution is 2.22. The highest BCUT2D eigenvalue weighted by molar-refractivity contribution is 9.10. The Morgan fingerprint density at radius 2 is 2.21 bits per heavy atom. The molecule has 2 N–H and O–H groups in total. The van der Waals surface area contributed by atoms with Crippen molar-refractivity contribution < 1.29 is 9.90 Å². The van der Waals surface area contributed by atoms with Gasteiger partial charge in [-0.05, 0) is 33.8 Å². The summed E-state index contributed by atoms with van der Waals surface area (Å²) in [5.74, 6) is -0.331. The Bertz CT molecular complexity index is 460. The number of aromatic nitrogens is 1. The van der Waals surface area contributed by atoms with Gasteiger partial charge in [-0.1, -0.05) is 32.4 Å². The molecule has 1 rings (SSSR count). The summed E-state index contributed by atoms with van der Waals surface area (Å²) in [5, 5.41) is 12.3. The number of pyridine rings is 1. The summed E-state index contributed by atoms with van der Waals surface area (Å²) >= 11 is 9.14. The molecular weight excluding hydrogens is 332 g/mol. The number of halogens is 2. The van der Waals surface area contributed by atoms with Gasteiger partial charge in [0, 0.05) is 10.7 Å². The van der Waals surface area contributed by atoms with Crippen LogP contribution in [0.15, 0.2) is 16.7 Å². The van der Waals surface area contributed by atoms with Crippen LogP contribution in [0.3, 0.4) is 0 Å². The third kappa shape index (κ3) is 5.47. The number of rotatable bonds is 4. The molecule has 1 aromatic heterocycles. The third-order valence-corrected chi connectivity index (χ3v) is 3.20. The number of nitrogens with one attached hydrogen (secondary N) is 1. The molecular formula is C13H18BrClN2O2. The average molecular weight is 350 g/mol. The molecule has 1 amide bonds. The van der Waals surface area contributed by atoms with E-state index in [1.165, 1.54) is 6.20 Å². The van der Waals surface area contributed by atoms with Gasteiger partial charge in [-0.15, -0.1) is 0 Å². The maximum absolute atomic E-state index is 12.1. The maximum atomic E-state index is 12.1. The first-order valence-electron chi connectivity index (χ1n) is 5.95. The van der Waals surface area contributed by atoms with Crippen LogP contribution < -0.4 is 5.32 Å². The van der Waals surface area contributed by atoms with E-state index in [1.807, 2.05) is 0 Å². The predicted molar refractivity (Wildman–Crippen MR) is 79.4 cm³/mol. The number of aliphatic hydroxyl groups is 1. The molecule has 0 spiro atoms. The van der Waals surface area contributed by atoms with Crippen molar-refractivity contribution >= 4 is 33.4 Å². The normalized spacial score (nSPS) is 13.2. The number of amides is 1. The van der Waals surface area contributed by atoms with Crippen LogP contribution in [0, 0.1) is 5.41 Å². The Hall–Kier alpha value is -0.650. The van der Waals surface area contributed by atoms with Gasteiger partial charge < -0.3 is 10.4 Å². The molecule has 0 saturated carbocycles. The molecule has 0 saturated heterocycles. The first kappa shape index (κ1) is 16.4. The lowest BCUT2D eigenvalue weighted by Crippen LogP contribution is -2.40. The smallest absolute Gasteiger partial charge is 0.254 e. The highest BCUT2D eigenvalue weighted by atomic mass is 79.9. The lowest BCUT2D eigenvalue weighted by Gasteiger charge is -2.25. The van der Waals surface area contributed by atoms with Gasteiger partial charge >= 0.3 is 0 Å².